The molecule has 1 amide bonds. The van der Waals surface area contributed by atoms with Gasteiger partial charge in [0.25, 0.3) is 0 Å². The van der Waals surface area contributed by atoms with Gasteiger partial charge in [0, 0.05) is 31.4 Å². The van der Waals surface area contributed by atoms with Gasteiger partial charge in [-0.05, 0) is 47.4 Å². The van der Waals surface area contributed by atoms with Gasteiger partial charge in [-0.3, -0.25) is 4.79 Å². The monoisotopic (exact) mass is 471 g/mol. The van der Waals surface area contributed by atoms with Gasteiger partial charge in [-0.25, -0.2) is 4.79 Å². The lowest BCUT2D eigenvalue weighted by molar-refractivity contribution is -0.153. The summed E-state index contributed by atoms with van der Waals surface area (Å²) in [5.74, 6) is 0.638. The highest BCUT2D eigenvalue weighted by Gasteiger charge is 2.20. The van der Waals surface area contributed by atoms with E-state index in [1.165, 1.54) is 44.1 Å². The maximum atomic E-state index is 12.6. The zero-order chi connectivity index (χ0) is 23.6. The predicted molar refractivity (Wildman–Crippen MR) is 133 cm³/mol. The Balaban J connectivity index is 1.52. The van der Waals surface area contributed by atoms with Crippen molar-refractivity contribution < 1.29 is 19.1 Å². The number of hydrogen-bond acceptors (Lipinski definition) is 5. The lowest BCUT2D eigenvalue weighted by Crippen LogP contribution is -2.28. The van der Waals surface area contributed by atoms with Crippen molar-refractivity contribution in [1.29, 1.82) is 0 Å². The Hall–Kier alpha value is -2.18. The fourth-order valence-corrected chi connectivity index (χ4v) is 5.47. The maximum absolute atomic E-state index is 12.6. The van der Waals surface area contributed by atoms with E-state index in [4.69, 9.17) is 9.47 Å². The molecule has 0 unspecified atom stereocenters. The van der Waals surface area contributed by atoms with Crippen LogP contribution in [0.15, 0.2) is 35.7 Å². The third-order valence-electron chi connectivity index (χ3n) is 6.50. The van der Waals surface area contributed by atoms with Gasteiger partial charge in [0.15, 0.2) is 6.10 Å². The summed E-state index contributed by atoms with van der Waals surface area (Å²) < 4.78 is 10.4. The van der Waals surface area contributed by atoms with E-state index in [9.17, 15) is 9.59 Å². The van der Waals surface area contributed by atoms with Crippen LogP contribution < -0.4 is 0 Å². The van der Waals surface area contributed by atoms with Crippen molar-refractivity contribution in [2.45, 2.75) is 70.9 Å². The van der Waals surface area contributed by atoms with Crippen molar-refractivity contribution in [1.82, 2.24) is 4.90 Å². The second-order valence-electron chi connectivity index (χ2n) is 8.96. The number of hydrogen-bond donors (Lipinski definition) is 0. The molecule has 0 N–H and O–H groups in total. The number of methoxy groups -OCH3 is 1. The van der Waals surface area contributed by atoms with Crippen LogP contribution in [0.25, 0.3) is 11.1 Å². The number of ether oxygens (including phenoxy) is 2. The zero-order valence-corrected chi connectivity index (χ0v) is 21.0. The summed E-state index contributed by atoms with van der Waals surface area (Å²) in [5, 5.41) is 2.14. The molecular weight excluding hydrogens is 434 g/mol. The minimum Gasteiger partial charge on any atom is -0.467 e. The molecule has 1 aliphatic carbocycles. The third kappa shape index (κ3) is 7.68. The topological polar surface area (TPSA) is 55.8 Å². The van der Waals surface area contributed by atoms with Crippen LogP contribution in [0.1, 0.15) is 62.3 Å². The number of carbonyl (C=O) groups is 2. The largest absolute Gasteiger partial charge is 0.467 e. The normalized spacial score (nSPS) is 15.2. The van der Waals surface area contributed by atoms with Crippen LogP contribution in [-0.4, -0.2) is 43.6 Å². The van der Waals surface area contributed by atoms with Crippen molar-refractivity contribution in [2.75, 3.05) is 20.8 Å². The van der Waals surface area contributed by atoms with Crippen molar-refractivity contribution in [2.24, 2.45) is 5.92 Å². The van der Waals surface area contributed by atoms with Crippen LogP contribution in [0.4, 0.5) is 0 Å². The lowest BCUT2D eigenvalue weighted by atomic mass is 9.86. The number of thiophene rings is 1. The fourth-order valence-electron chi connectivity index (χ4n) is 4.52. The Morgan fingerprint density at radius 3 is 2.52 bits per heavy atom. The number of benzene rings is 1. The molecule has 1 fully saturated rings. The predicted octanol–water partition coefficient (Wildman–Crippen LogP) is 5.85. The minimum absolute atomic E-state index is 0.245. The molecule has 1 saturated carbocycles. The quantitative estimate of drug-likeness (QED) is 0.386. The van der Waals surface area contributed by atoms with Gasteiger partial charge < -0.3 is 14.4 Å². The molecule has 0 saturated heterocycles. The molecule has 1 atom stereocenters. The van der Waals surface area contributed by atoms with Crippen LogP contribution in [-0.2, 0) is 32.0 Å². The minimum atomic E-state index is -0.579. The zero-order valence-electron chi connectivity index (χ0n) is 20.2. The highest BCUT2D eigenvalue weighted by Crippen LogP contribution is 2.29. The standard InChI is InChI=1S/C27H37NO4S/c1-4-32-25(27(30)31-3)16-21-10-13-22(14-11-21)23-17-24(33-19-23)18-28(2)26(29)15-12-20-8-6-5-7-9-20/h10-11,13-14,17,19-20,25H,4-9,12,15-16,18H2,1-3H3/t25-/m0/s1. The lowest BCUT2D eigenvalue weighted by Gasteiger charge is -2.22. The Morgan fingerprint density at radius 2 is 1.85 bits per heavy atom. The van der Waals surface area contributed by atoms with E-state index in [1.54, 1.807) is 11.3 Å². The van der Waals surface area contributed by atoms with E-state index in [1.807, 2.05) is 31.0 Å². The van der Waals surface area contributed by atoms with Crippen molar-refractivity contribution in [3.63, 3.8) is 0 Å². The summed E-state index contributed by atoms with van der Waals surface area (Å²) in [4.78, 5) is 27.5. The maximum Gasteiger partial charge on any atom is 0.335 e. The Labute approximate surface area is 202 Å². The molecule has 0 aliphatic heterocycles. The van der Waals surface area contributed by atoms with E-state index in [2.05, 4.69) is 23.6 Å². The Morgan fingerprint density at radius 1 is 1.12 bits per heavy atom. The molecule has 0 radical (unpaired) electrons. The van der Waals surface area contributed by atoms with Gasteiger partial charge in [0.1, 0.15) is 0 Å². The molecule has 0 bridgehead atoms. The van der Waals surface area contributed by atoms with Crippen LogP contribution in [0, 0.1) is 5.92 Å². The number of nitrogens with zero attached hydrogens (tertiary/aromatic N) is 1. The van der Waals surface area contributed by atoms with Crippen molar-refractivity contribution in [3.05, 3.63) is 46.2 Å². The Kier molecular flexibility index (Phi) is 9.95. The van der Waals surface area contributed by atoms with Crippen LogP contribution in [0.3, 0.4) is 0 Å². The first-order chi connectivity index (χ1) is 16.0. The van der Waals surface area contributed by atoms with Crippen molar-refractivity contribution in [3.8, 4) is 11.1 Å². The van der Waals surface area contributed by atoms with Gasteiger partial charge in [-0.15, -0.1) is 11.3 Å². The number of rotatable bonds is 11. The SMILES string of the molecule is CCO[C@@H](Cc1ccc(-c2csc(CN(C)C(=O)CCC3CCCCC3)c2)cc1)C(=O)OC. The van der Waals surface area contributed by atoms with E-state index in [-0.39, 0.29) is 11.9 Å². The molecule has 5 nitrogen and oxygen atoms in total. The average molecular weight is 472 g/mol. The van der Waals surface area contributed by atoms with Crippen LogP contribution >= 0.6 is 11.3 Å². The molecular formula is C27H37NO4S. The Bertz CT molecular complexity index is 886. The van der Waals surface area contributed by atoms with Gasteiger partial charge in [-0.2, -0.15) is 0 Å². The summed E-state index contributed by atoms with van der Waals surface area (Å²) in [6, 6.07) is 10.4. The van der Waals surface area contributed by atoms with E-state index < -0.39 is 6.10 Å². The average Bonchev–Trinajstić information content (AvgIpc) is 3.31. The highest BCUT2D eigenvalue weighted by atomic mass is 32.1. The smallest absolute Gasteiger partial charge is 0.335 e. The molecule has 1 aromatic carbocycles. The molecule has 180 valence electrons. The van der Waals surface area contributed by atoms with Gasteiger partial charge in [0.2, 0.25) is 5.91 Å². The molecule has 1 aromatic heterocycles. The molecule has 3 rings (SSSR count). The number of carbonyl (C=O) groups excluding carboxylic acids is 2. The summed E-state index contributed by atoms with van der Waals surface area (Å²) in [5.41, 5.74) is 3.30. The van der Waals surface area contributed by atoms with Crippen LogP contribution in [0.2, 0.25) is 0 Å². The molecule has 1 heterocycles. The molecule has 1 aliphatic rings. The first kappa shape index (κ1) is 25.4. The van der Waals surface area contributed by atoms with Gasteiger partial charge in [0.05, 0.1) is 13.7 Å². The van der Waals surface area contributed by atoms with E-state index in [0.29, 0.717) is 26.0 Å². The van der Waals surface area contributed by atoms with Gasteiger partial charge in [-0.1, -0.05) is 56.4 Å². The second-order valence-corrected chi connectivity index (χ2v) is 9.96. The van der Waals surface area contributed by atoms with E-state index in [0.717, 1.165) is 29.0 Å². The number of amides is 1. The summed E-state index contributed by atoms with van der Waals surface area (Å²) in [6.45, 7) is 2.99. The van der Waals surface area contributed by atoms with Gasteiger partial charge >= 0.3 is 5.97 Å². The molecule has 6 heteroatoms. The van der Waals surface area contributed by atoms with Crippen LogP contribution in [0.5, 0.6) is 0 Å². The summed E-state index contributed by atoms with van der Waals surface area (Å²) in [6.07, 6.45) is 8.19. The fraction of sp³-hybridized carbons (Fsp3) is 0.556. The highest BCUT2D eigenvalue weighted by molar-refractivity contribution is 7.10. The van der Waals surface area contributed by atoms with E-state index >= 15 is 0 Å². The summed E-state index contributed by atoms with van der Waals surface area (Å²) in [7, 11) is 3.29. The third-order valence-corrected chi connectivity index (χ3v) is 7.43. The second kappa shape index (κ2) is 12.9. The first-order valence-electron chi connectivity index (χ1n) is 12.1. The first-order valence-corrected chi connectivity index (χ1v) is 13.0. The van der Waals surface area contributed by atoms with Crippen molar-refractivity contribution >= 4 is 23.2 Å². The molecule has 33 heavy (non-hydrogen) atoms. The molecule has 0 spiro atoms. The number of esters is 1. The summed E-state index contributed by atoms with van der Waals surface area (Å²) >= 11 is 1.69. The molecule has 2 aromatic rings.